The molecule has 4 heterocycles. The van der Waals surface area contributed by atoms with Gasteiger partial charge in [0, 0.05) is 43.4 Å². The molecule has 3 fully saturated rings. The van der Waals surface area contributed by atoms with Gasteiger partial charge < -0.3 is 13.9 Å². The van der Waals surface area contributed by atoms with Gasteiger partial charge in [-0.2, -0.15) is 0 Å². The molecule has 22 heavy (non-hydrogen) atoms. The van der Waals surface area contributed by atoms with Gasteiger partial charge in [0.2, 0.25) is 0 Å². The lowest BCUT2D eigenvalue weighted by Crippen LogP contribution is -2.58. The third kappa shape index (κ3) is 3.37. The third-order valence-corrected chi connectivity index (χ3v) is 6.64. The number of hydrogen-bond acceptors (Lipinski definition) is 5. The van der Waals surface area contributed by atoms with Gasteiger partial charge in [-0.05, 0) is 37.3 Å². The van der Waals surface area contributed by atoms with Crippen LogP contribution in [-0.2, 0) is 16.0 Å². The molecule has 1 spiro atoms. The van der Waals surface area contributed by atoms with Crippen LogP contribution in [0.4, 0.5) is 0 Å². The molecule has 0 saturated carbocycles. The summed E-state index contributed by atoms with van der Waals surface area (Å²) in [5, 5.41) is 0. The quantitative estimate of drug-likeness (QED) is 0.832. The minimum absolute atomic E-state index is 0.451. The zero-order valence-corrected chi connectivity index (χ0v) is 13.9. The van der Waals surface area contributed by atoms with Gasteiger partial charge in [-0.25, -0.2) is 0 Å². The Hall–Kier alpha value is -0.490. The topological polar surface area (TPSA) is 34.8 Å². The summed E-state index contributed by atoms with van der Waals surface area (Å²) in [6.45, 7) is 6.06. The lowest BCUT2D eigenvalue weighted by molar-refractivity contribution is -0.0137. The molecule has 4 nitrogen and oxygen atoms in total. The van der Waals surface area contributed by atoms with Gasteiger partial charge >= 0.3 is 0 Å². The van der Waals surface area contributed by atoms with Crippen molar-refractivity contribution in [1.82, 2.24) is 4.90 Å². The van der Waals surface area contributed by atoms with E-state index in [1.807, 2.05) is 6.07 Å². The van der Waals surface area contributed by atoms with Crippen molar-refractivity contribution in [3.63, 3.8) is 0 Å². The van der Waals surface area contributed by atoms with Crippen molar-refractivity contribution in [2.45, 2.75) is 36.7 Å². The molecule has 0 bridgehead atoms. The van der Waals surface area contributed by atoms with Crippen LogP contribution >= 0.6 is 11.8 Å². The molecule has 0 unspecified atom stereocenters. The molecular formula is C17H25NO3S. The molecular weight excluding hydrogens is 298 g/mol. The minimum Gasteiger partial charge on any atom is -0.468 e. The van der Waals surface area contributed by atoms with Gasteiger partial charge in [-0.3, -0.25) is 4.90 Å². The molecule has 1 aromatic rings. The molecule has 3 aliphatic rings. The van der Waals surface area contributed by atoms with Gasteiger partial charge in [0.1, 0.15) is 5.76 Å². The first-order chi connectivity index (χ1) is 10.8. The van der Waals surface area contributed by atoms with Crippen molar-refractivity contribution in [3.05, 3.63) is 24.2 Å². The van der Waals surface area contributed by atoms with E-state index >= 15 is 0 Å². The summed E-state index contributed by atoms with van der Waals surface area (Å²) in [7, 11) is 0. The largest absolute Gasteiger partial charge is 0.468 e. The lowest BCUT2D eigenvalue weighted by atomic mass is 9.92. The number of furan rings is 1. The van der Waals surface area contributed by atoms with E-state index in [-0.39, 0.29) is 0 Å². The number of ether oxygens (including phenoxy) is 2. The van der Waals surface area contributed by atoms with Gasteiger partial charge in [0.15, 0.2) is 0 Å². The van der Waals surface area contributed by atoms with E-state index in [1.165, 1.54) is 32.4 Å². The highest BCUT2D eigenvalue weighted by atomic mass is 32.2. The van der Waals surface area contributed by atoms with E-state index in [0.29, 0.717) is 16.8 Å². The van der Waals surface area contributed by atoms with Gasteiger partial charge in [-0.1, -0.05) is 0 Å². The van der Waals surface area contributed by atoms with E-state index < -0.39 is 0 Å². The summed E-state index contributed by atoms with van der Waals surface area (Å²) in [6.07, 6.45) is 5.77. The predicted octanol–water partition coefficient (Wildman–Crippen LogP) is 2.78. The van der Waals surface area contributed by atoms with E-state index in [2.05, 4.69) is 22.7 Å². The summed E-state index contributed by atoms with van der Waals surface area (Å²) in [4.78, 5) is 2.48. The summed E-state index contributed by atoms with van der Waals surface area (Å²) >= 11 is 2.12. The molecule has 4 rings (SSSR count). The maximum absolute atomic E-state index is 6.20. The summed E-state index contributed by atoms with van der Waals surface area (Å²) in [5.41, 5.74) is 0. The van der Waals surface area contributed by atoms with Crippen LogP contribution in [0.2, 0.25) is 0 Å². The monoisotopic (exact) mass is 323 g/mol. The fourth-order valence-corrected chi connectivity index (χ4v) is 5.42. The standard InChI is InChI=1S/C17H25NO3S/c1-2-15(20-5-1)9-18-12-17(13-18)8-16(11-22-17)21-10-14-3-6-19-7-4-14/h1-2,5,14,16H,3-4,6-13H2/t16-/m0/s1. The van der Waals surface area contributed by atoms with Crippen molar-refractivity contribution in [2.24, 2.45) is 5.92 Å². The highest BCUT2D eigenvalue weighted by Crippen LogP contribution is 2.46. The predicted molar refractivity (Wildman–Crippen MR) is 87.1 cm³/mol. The first kappa shape index (κ1) is 15.1. The zero-order chi connectivity index (χ0) is 14.8. The summed E-state index contributed by atoms with van der Waals surface area (Å²) in [6, 6.07) is 4.03. The van der Waals surface area contributed by atoms with Crippen molar-refractivity contribution >= 4 is 11.8 Å². The summed E-state index contributed by atoms with van der Waals surface area (Å²) in [5.74, 6) is 2.95. The molecule has 5 heteroatoms. The van der Waals surface area contributed by atoms with Crippen LogP contribution in [0.3, 0.4) is 0 Å². The summed E-state index contributed by atoms with van der Waals surface area (Å²) < 4.78 is 17.5. The molecule has 0 aromatic carbocycles. The molecule has 3 saturated heterocycles. The van der Waals surface area contributed by atoms with Gasteiger partial charge in [0.25, 0.3) is 0 Å². The second-order valence-corrected chi connectivity index (χ2v) is 8.42. The van der Waals surface area contributed by atoms with Crippen LogP contribution in [-0.4, -0.2) is 54.4 Å². The minimum atomic E-state index is 0.451. The Kier molecular flexibility index (Phi) is 4.49. The van der Waals surface area contributed by atoms with Crippen molar-refractivity contribution in [3.8, 4) is 0 Å². The molecule has 0 N–H and O–H groups in total. The smallest absolute Gasteiger partial charge is 0.117 e. The first-order valence-corrected chi connectivity index (χ1v) is 9.38. The second-order valence-electron chi connectivity index (χ2n) is 6.93. The van der Waals surface area contributed by atoms with Crippen LogP contribution in [0.5, 0.6) is 0 Å². The molecule has 1 aromatic heterocycles. The molecule has 0 radical (unpaired) electrons. The SMILES string of the molecule is c1coc(CN2CC3(C[C@H](OCC4CCOCC4)CS3)C2)c1. The van der Waals surface area contributed by atoms with Crippen molar-refractivity contribution < 1.29 is 13.9 Å². The first-order valence-electron chi connectivity index (χ1n) is 8.39. The normalized spacial score (nSPS) is 29.0. The Morgan fingerprint density at radius 1 is 1.32 bits per heavy atom. The highest BCUT2D eigenvalue weighted by molar-refractivity contribution is 8.01. The molecule has 122 valence electrons. The average Bonchev–Trinajstić information content (AvgIpc) is 3.16. The molecule has 1 atom stereocenters. The zero-order valence-electron chi connectivity index (χ0n) is 13.0. The number of likely N-dealkylation sites (tertiary alicyclic amines) is 1. The van der Waals surface area contributed by atoms with Crippen LogP contribution in [0.1, 0.15) is 25.0 Å². The van der Waals surface area contributed by atoms with E-state index in [0.717, 1.165) is 37.9 Å². The fourth-order valence-electron chi connectivity index (χ4n) is 3.82. The van der Waals surface area contributed by atoms with Crippen LogP contribution in [0, 0.1) is 5.92 Å². The molecule has 0 aliphatic carbocycles. The number of hydrogen-bond donors (Lipinski definition) is 0. The fraction of sp³-hybridized carbons (Fsp3) is 0.765. The maximum atomic E-state index is 6.20. The number of rotatable bonds is 5. The highest BCUT2D eigenvalue weighted by Gasteiger charge is 2.49. The average molecular weight is 323 g/mol. The van der Waals surface area contributed by atoms with E-state index in [4.69, 9.17) is 13.9 Å². The molecule has 3 aliphatic heterocycles. The Morgan fingerprint density at radius 2 is 2.18 bits per heavy atom. The third-order valence-electron chi connectivity index (χ3n) is 5.07. The van der Waals surface area contributed by atoms with Crippen LogP contribution in [0.15, 0.2) is 22.8 Å². The number of thioether (sulfide) groups is 1. The second kappa shape index (κ2) is 6.56. The van der Waals surface area contributed by atoms with Crippen LogP contribution in [0.25, 0.3) is 0 Å². The van der Waals surface area contributed by atoms with E-state index in [1.54, 1.807) is 6.26 Å². The molecule has 0 amide bonds. The van der Waals surface area contributed by atoms with E-state index in [9.17, 15) is 0 Å². The lowest BCUT2D eigenvalue weighted by Gasteiger charge is -2.47. The van der Waals surface area contributed by atoms with Crippen molar-refractivity contribution in [1.29, 1.82) is 0 Å². The Bertz CT molecular complexity index is 466. The Labute approximate surface area is 136 Å². The maximum Gasteiger partial charge on any atom is 0.117 e. The Balaban J connectivity index is 1.18. The van der Waals surface area contributed by atoms with Crippen LogP contribution < -0.4 is 0 Å². The number of nitrogens with zero attached hydrogens (tertiary/aromatic N) is 1. The van der Waals surface area contributed by atoms with Gasteiger partial charge in [0.05, 0.1) is 18.9 Å². The Morgan fingerprint density at radius 3 is 2.95 bits per heavy atom. The van der Waals surface area contributed by atoms with Crippen molar-refractivity contribution in [2.75, 3.05) is 38.7 Å². The van der Waals surface area contributed by atoms with Gasteiger partial charge in [-0.15, -0.1) is 11.8 Å².